The first-order chi connectivity index (χ1) is 8.67. The number of ether oxygens (including phenoxy) is 1. The first-order valence-corrected chi connectivity index (χ1v) is 6.20. The molecule has 1 aromatic rings. The number of halogens is 1. The summed E-state index contributed by atoms with van der Waals surface area (Å²) < 4.78 is 4.60. The Morgan fingerprint density at radius 3 is 2.50 bits per heavy atom. The molecule has 1 rings (SSSR count). The summed E-state index contributed by atoms with van der Waals surface area (Å²) in [6, 6.07) is 6.92. The van der Waals surface area contributed by atoms with Crippen molar-refractivity contribution in [1.82, 2.24) is 5.32 Å². The normalized spacial score (nSPS) is 9.89. The van der Waals surface area contributed by atoms with E-state index in [4.69, 9.17) is 11.6 Å². The third kappa shape index (κ3) is 4.75. The molecule has 0 heterocycles. The molecule has 1 amide bonds. The lowest BCUT2D eigenvalue weighted by molar-refractivity contribution is -0.121. The zero-order valence-corrected chi connectivity index (χ0v) is 11.0. The largest absolute Gasteiger partial charge is 0.465 e. The van der Waals surface area contributed by atoms with Gasteiger partial charge in [0.05, 0.1) is 12.7 Å². The molecule has 1 aromatic carbocycles. The van der Waals surface area contributed by atoms with E-state index in [-0.39, 0.29) is 11.9 Å². The SMILES string of the molecule is COC(=O)c1ccc(CNC(=O)CCCCl)cc1. The number of alkyl halides is 1. The summed E-state index contributed by atoms with van der Waals surface area (Å²) in [6.45, 7) is 0.447. The number of nitrogens with one attached hydrogen (secondary N) is 1. The molecule has 0 aromatic heterocycles. The van der Waals surface area contributed by atoms with Crippen LogP contribution < -0.4 is 5.32 Å². The second-order valence-electron chi connectivity index (χ2n) is 3.76. The molecule has 98 valence electrons. The van der Waals surface area contributed by atoms with Crippen molar-refractivity contribution >= 4 is 23.5 Å². The van der Waals surface area contributed by atoms with Crippen molar-refractivity contribution in [3.8, 4) is 0 Å². The Labute approximate surface area is 111 Å². The molecule has 0 bridgehead atoms. The highest BCUT2D eigenvalue weighted by Gasteiger charge is 2.05. The fraction of sp³-hybridized carbons (Fsp3) is 0.385. The van der Waals surface area contributed by atoms with E-state index in [0.29, 0.717) is 30.8 Å². The Balaban J connectivity index is 2.44. The Morgan fingerprint density at radius 1 is 1.28 bits per heavy atom. The van der Waals surface area contributed by atoms with E-state index in [9.17, 15) is 9.59 Å². The Kier molecular flexibility index (Phi) is 6.22. The Hall–Kier alpha value is -1.55. The Bertz CT molecular complexity index is 403. The van der Waals surface area contributed by atoms with Crippen molar-refractivity contribution in [2.45, 2.75) is 19.4 Å². The Morgan fingerprint density at radius 2 is 1.94 bits per heavy atom. The number of benzene rings is 1. The maximum atomic E-state index is 11.4. The van der Waals surface area contributed by atoms with Crippen LogP contribution in [-0.2, 0) is 16.1 Å². The number of carbonyl (C=O) groups excluding carboxylic acids is 2. The number of amides is 1. The van der Waals surface area contributed by atoms with Gasteiger partial charge < -0.3 is 10.1 Å². The molecular formula is C13H16ClNO3. The average Bonchev–Trinajstić information content (AvgIpc) is 2.42. The minimum atomic E-state index is -0.368. The molecule has 0 atom stereocenters. The summed E-state index contributed by atoms with van der Waals surface area (Å²) in [5, 5.41) is 2.78. The zero-order chi connectivity index (χ0) is 13.4. The quantitative estimate of drug-likeness (QED) is 0.636. The predicted molar refractivity (Wildman–Crippen MR) is 69.6 cm³/mol. The molecule has 5 heteroatoms. The number of rotatable bonds is 6. The summed E-state index contributed by atoms with van der Waals surface area (Å²) in [4.78, 5) is 22.6. The van der Waals surface area contributed by atoms with Gasteiger partial charge in [0.25, 0.3) is 0 Å². The zero-order valence-electron chi connectivity index (χ0n) is 10.2. The van der Waals surface area contributed by atoms with Gasteiger partial charge in [0, 0.05) is 18.8 Å². The lowest BCUT2D eigenvalue weighted by Gasteiger charge is -2.05. The van der Waals surface area contributed by atoms with E-state index in [2.05, 4.69) is 10.1 Å². The molecule has 1 N–H and O–H groups in total. The summed E-state index contributed by atoms with van der Waals surface area (Å²) in [5.74, 6) is 0.0988. The molecule has 0 unspecified atom stereocenters. The van der Waals surface area contributed by atoms with E-state index in [0.717, 1.165) is 5.56 Å². The van der Waals surface area contributed by atoms with Crippen LogP contribution in [0.1, 0.15) is 28.8 Å². The molecular weight excluding hydrogens is 254 g/mol. The topological polar surface area (TPSA) is 55.4 Å². The fourth-order valence-corrected chi connectivity index (χ4v) is 1.53. The van der Waals surface area contributed by atoms with Crippen molar-refractivity contribution in [3.05, 3.63) is 35.4 Å². The molecule has 0 saturated heterocycles. The van der Waals surface area contributed by atoms with Crippen LogP contribution in [0.5, 0.6) is 0 Å². The second-order valence-corrected chi connectivity index (χ2v) is 4.14. The summed E-state index contributed by atoms with van der Waals surface area (Å²) in [6.07, 6.45) is 1.11. The van der Waals surface area contributed by atoms with Gasteiger partial charge in [-0.25, -0.2) is 4.79 Å². The van der Waals surface area contributed by atoms with Crippen LogP contribution in [-0.4, -0.2) is 24.9 Å². The van der Waals surface area contributed by atoms with Gasteiger partial charge in [0.2, 0.25) is 5.91 Å². The van der Waals surface area contributed by atoms with Crippen molar-refractivity contribution in [2.75, 3.05) is 13.0 Å². The van der Waals surface area contributed by atoms with Crippen LogP contribution in [0, 0.1) is 0 Å². The van der Waals surface area contributed by atoms with Gasteiger partial charge in [-0.1, -0.05) is 12.1 Å². The highest BCUT2D eigenvalue weighted by molar-refractivity contribution is 6.17. The van der Waals surface area contributed by atoms with Crippen LogP contribution in [0.25, 0.3) is 0 Å². The lowest BCUT2D eigenvalue weighted by Crippen LogP contribution is -2.22. The molecule has 0 spiro atoms. The first-order valence-electron chi connectivity index (χ1n) is 5.67. The van der Waals surface area contributed by atoms with Gasteiger partial charge in [-0.3, -0.25) is 4.79 Å². The van der Waals surface area contributed by atoms with E-state index in [1.54, 1.807) is 24.3 Å². The minimum Gasteiger partial charge on any atom is -0.465 e. The van der Waals surface area contributed by atoms with Gasteiger partial charge in [0.15, 0.2) is 0 Å². The highest BCUT2D eigenvalue weighted by atomic mass is 35.5. The molecule has 0 radical (unpaired) electrons. The number of hydrogen-bond acceptors (Lipinski definition) is 3. The smallest absolute Gasteiger partial charge is 0.337 e. The standard InChI is InChI=1S/C13H16ClNO3/c1-18-13(17)11-6-4-10(5-7-11)9-15-12(16)3-2-8-14/h4-7H,2-3,8-9H2,1H3,(H,15,16). The molecule has 0 aliphatic heterocycles. The van der Waals surface area contributed by atoms with Crippen molar-refractivity contribution in [2.24, 2.45) is 0 Å². The third-order valence-corrected chi connectivity index (χ3v) is 2.67. The van der Waals surface area contributed by atoms with E-state index in [1.165, 1.54) is 7.11 Å². The average molecular weight is 270 g/mol. The molecule has 0 aliphatic carbocycles. The van der Waals surface area contributed by atoms with Crippen LogP contribution in [0.3, 0.4) is 0 Å². The third-order valence-electron chi connectivity index (χ3n) is 2.40. The van der Waals surface area contributed by atoms with Crippen molar-refractivity contribution < 1.29 is 14.3 Å². The molecule has 0 fully saturated rings. The van der Waals surface area contributed by atoms with E-state index < -0.39 is 0 Å². The fourth-order valence-electron chi connectivity index (χ4n) is 1.39. The molecule has 0 aliphatic rings. The maximum absolute atomic E-state index is 11.4. The van der Waals surface area contributed by atoms with Gasteiger partial charge in [0.1, 0.15) is 0 Å². The van der Waals surface area contributed by atoms with Crippen LogP contribution in [0.4, 0.5) is 0 Å². The van der Waals surface area contributed by atoms with E-state index in [1.807, 2.05) is 0 Å². The number of esters is 1. The van der Waals surface area contributed by atoms with Crippen LogP contribution in [0.2, 0.25) is 0 Å². The van der Waals surface area contributed by atoms with Crippen LogP contribution in [0.15, 0.2) is 24.3 Å². The summed E-state index contributed by atoms with van der Waals surface area (Å²) in [5.41, 5.74) is 1.43. The predicted octanol–water partition coefficient (Wildman–Crippen LogP) is 2.11. The van der Waals surface area contributed by atoms with Gasteiger partial charge >= 0.3 is 5.97 Å². The number of methoxy groups -OCH3 is 1. The summed E-state index contributed by atoms with van der Waals surface area (Å²) >= 11 is 5.50. The highest BCUT2D eigenvalue weighted by Crippen LogP contribution is 2.05. The molecule has 18 heavy (non-hydrogen) atoms. The van der Waals surface area contributed by atoms with Crippen LogP contribution >= 0.6 is 11.6 Å². The molecule has 4 nitrogen and oxygen atoms in total. The first kappa shape index (κ1) is 14.5. The van der Waals surface area contributed by atoms with Gasteiger partial charge in [-0.05, 0) is 24.1 Å². The monoisotopic (exact) mass is 269 g/mol. The minimum absolute atomic E-state index is 0.0207. The van der Waals surface area contributed by atoms with E-state index >= 15 is 0 Å². The van der Waals surface area contributed by atoms with Gasteiger partial charge in [-0.15, -0.1) is 11.6 Å². The maximum Gasteiger partial charge on any atom is 0.337 e. The lowest BCUT2D eigenvalue weighted by atomic mass is 10.1. The molecule has 0 saturated carbocycles. The number of hydrogen-bond donors (Lipinski definition) is 1. The van der Waals surface area contributed by atoms with Gasteiger partial charge in [-0.2, -0.15) is 0 Å². The number of carbonyl (C=O) groups is 2. The van der Waals surface area contributed by atoms with Crippen molar-refractivity contribution in [3.63, 3.8) is 0 Å². The second kappa shape index (κ2) is 7.71. The van der Waals surface area contributed by atoms with Crippen molar-refractivity contribution in [1.29, 1.82) is 0 Å². The summed E-state index contributed by atoms with van der Waals surface area (Å²) in [7, 11) is 1.34.